The van der Waals surface area contributed by atoms with Gasteiger partial charge in [0.1, 0.15) is 10.3 Å². The third-order valence-corrected chi connectivity index (χ3v) is 4.56. The van der Waals surface area contributed by atoms with Gasteiger partial charge in [0.05, 0.1) is 5.69 Å². The molecule has 2 aromatic heterocycles. The van der Waals surface area contributed by atoms with Crippen molar-refractivity contribution in [2.45, 2.75) is 0 Å². The summed E-state index contributed by atoms with van der Waals surface area (Å²) in [6, 6.07) is 8.45. The SMILES string of the molecule is O=C(Nc1nc(-c2ccc3c(c2)OCO3)cs1)c1cc(Cl)nc(Cl)c1. The van der Waals surface area contributed by atoms with Gasteiger partial charge in [-0.1, -0.05) is 23.2 Å². The third-order valence-electron chi connectivity index (χ3n) is 3.42. The number of anilines is 1. The van der Waals surface area contributed by atoms with Crippen LogP contribution in [0.1, 0.15) is 10.4 Å². The number of benzene rings is 1. The van der Waals surface area contributed by atoms with Gasteiger partial charge in [0.2, 0.25) is 6.79 Å². The van der Waals surface area contributed by atoms with E-state index in [9.17, 15) is 4.79 Å². The molecule has 1 aromatic carbocycles. The molecule has 0 fully saturated rings. The molecule has 3 aromatic rings. The molecular formula is C16H9Cl2N3O3S. The Kier molecular flexibility index (Phi) is 4.20. The topological polar surface area (TPSA) is 73.3 Å². The molecule has 1 amide bonds. The molecule has 25 heavy (non-hydrogen) atoms. The Morgan fingerprint density at radius 2 is 1.84 bits per heavy atom. The minimum Gasteiger partial charge on any atom is -0.454 e. The van der Waals surface area contributed by atoms with Crippen LogP contribution in [0.25, 0.3) is 11.3 Å². The van der Waals surface area contributed by atoms with E-state index in [0.717, 1.165) is 11.3 Å². The lowest BCUT2D eigenvalue weighted by Gasteiger charge is -2.03. The van der Waals surface area contributed by atoms with Crippen LogP contribution in [0.15, 0.2) is 35.7 Å². The molecule has 0 saturated carbocycles. The van der Waals surface area contributed by atoms with Crippen LogP contribution in [-0.4, -0.2) is 22.7 Å². The fourth-order valence-corrected chi connectivity index (χ4v) is 3.46. The molecule has 126 valence electrons. The van der Waals surface area contributed by atoms with Gasteiger partial charge >= 0.3 is 0 Å². The van der Waals surface area contributed by atoms with Crippen LogP contribution in [-0.2, 0) is 0 Å². The first-order chi connectivity index (χ1) is 12.1. The van der Waals surface area contributed by atoms with Gasteiger partial charge < -0.3 is 9.47 Å². The van der Waals surface area contributed by atoms with Gasteiger partial charge in [-0.3, -0.25) is 10.1 Å². The van der Waals surface area contributed by atoms with E-state index in [2.05, 4.69) is 15.3 Å². The van der Waals surface area contributed by atoms with E-state index < -0.39 is 0 Å². The van der Waals surface area contributed by atoms with Crippen molar-refractivity contribution in [3.05, 3.63) is 51.6 Å². The molecule has 4 rings (SSSR count). The summed E-state index contributed by atoms with van der Waals surface area (Å²) in [4.78, 5) is 20.5. The van der Waals surface area contributed by atoms with Crippen molar-refractivity contribution in [3.8, 4) is 22.8 Å². The molecule has 0 unspecified atom stereocenters. The zero-order chi connectivity index (χ0) is 17.4. The van der Waals surface area contributed by atoms with Crippen LogP contribution in [0.3, 0.4) is 0 Å². The quantitative estimate of drug-likeness (QED) is 0.663. The van der Waals surface area contributed by atoms with Crippen molar-refractivity contribution in [2.24, 2.45) is 0 Å². The zero-order valence-electron chi connectivity index (χ0n) is 12.5. The summed E-state index contributed by atoms with van der Waals surface area (Å²) < 4.78 is 10.7. The normalized spacial score (nSPS) is 12.2. The fourth-order valence-electron chi connectivity index (χ4n) is 2.28. The summed E-state index contributed by atoms with van der Waals surface area (Å²) in [5, 5.41) is 5.33. The molecule has 6 nitrogen and oxygen atoms in total. The average molecular weight is 394 g/mol. The highest BCUT2D eigenvalue weighted by atomic mass is 35.5. The van der Waals surface area contributed by atoms with E-state index in [1.165, 1.54) is 23.5 Å². The highest BCUT2D eigenvalue weighted by Gasteiger charge is 2.16. The summed E-state index contributed by atoms with van der Waals surface area (Å²) in [5.41, 5.74) is 1.91. The Labute approximate surface area is 156 Å². The number of amides is 1. The lowest BCUT2D eigenvalue weighted by Crippen LogP contribution is -2.12. The maximum absolute atomic E-state index is 12.3. The maximum atomic E-state index is 12.3. The van der Waals surface area contributed by atoms with Gasteiger partial charge in [0, 0.05) is 16.5 Å². The summed E-state index contributed by atoms with van der Waals surface area (Å²) in [6.45, 7) is 0.216. The van der Waals surface area contributed by atoms with Crippen molar-refractivity contribution in [1.29, 1.82) is 0 Å². The fraction of sp³-hybridized carbons (Fsp3) is 0.0625. The van der Waals surface area contributed by atoms with Crippen LogP contribution in [0.2, 0.25) is 10.3 Å². The summed E-state index contributed by atoms with van der Waals surface area (Å²) >= 11 is 12.9. The van der Waals surface area contributed by atoms with Gasteiger partial charge in [0.25, 0.3) is 5.91 Å². The number of hydrogen-bond donors (Lipinski definition) is 1. The molecule has 0 atom stereocenters. The molecule has 0 spiro atoms. The average Bonchev–Trinajstić information content (AvgIpc) is 3.22. The molecule has 3 heterocycles. The molecule has 9 heteroatoms. The first-order valence-corrected chi connectivity index (χ1v) is 8.72. The largest absolute Gasteiger partial charge is 0.454 e. The standard InChI is InChI=1S/C16H9Cl2N3O3S/c17-13-4-9(5-14(18)20-13)15(22)21-16-19-10(6-25-16)8-1-2-11-12(3-8)24-7-23-11/h1-6H,7H2,(H,19,21,22). The second-order valence-corrected chi connectivity index (χ2v) is 6.69. The highest BCUT2D eigenvalue weighted by Crippen LogP contribution is 2.36. The Hall–Kier alpha value is -2.35. The van der Waals surface area contributed by atoms with Crippen LogP contribution in [0.5, 0.6) is 11.5 Å². The summed E-state index contributed by atoms with van der Waals surface area (Å²) in [6.07, 6.45) is 0. The monoisotopic (exact) mass is 393 g/mol. The summed E-state index contributed by atoms with van der Waals surface area (Å²) in [5.74, 6) is 1.02. The maximum Gasteiger partial charge on any atom is 0.257 e. The van der Waals surface area contributed by atoms with E-state index >= 15 is 0 Å². The molecule has 1 N–H and O–H groups in total. The van der Waals surface area contributed by atoms with Gasteiger partial charge in [-0.25, -0.2) is 9.97 Å². The van der Waals surface area contributed by atoms with Gasteiger partial charge in [-0.15, -0.1) is 11.3 Å². The van der Waals surface area contributed by atoms with Crippen molar-refractivity contribution in [1.82, 2.24) is 9.97 Å². The lowest BCUT2D eigenvalue weighted by molar-refractivity contribution is 0.102. The van der Waals surface area contributed by atoms with Gasteiger partial charge in [-0.2, -0.15) is 0 Å². The number of hydrogen-bond acceptors (Lipinski definition) is 6. The lowest BCUT2D eigenvalue weighted by atomic mass is 10.1. The van der Waals surface area contributed by atoms with Crippen LogP contribution >= 0.6 is 34.5 Å². The van der Waals surface area contributed by atoms with Crippen LogP contribution < -0.4 is 14.8 Å². The first-order valence-electron chi connectivity index (χ1n) is 7.08. The predicted octanol–water partition coefficient (Wildman–Crippen LogP) is 4.49. The van der Waals surface area contributed by atoms with Gasteiger partial charge in [-0.05, 0) is 30.3 Å². The van der Waals surface area contributed by atoms with Crippen LogP contribution in [0.4, 0.5) is 5.13 Å². The smallest absolute Gasteiger partial charge is 0.257 e. The molecule has 1 aliphatic heterocycles. The Balaban J connectivity index is 1.54. The third kappa shape index (κ3) is 3.39. The number of nitrogens with one attached hydrogen (secondary N) is 1. The van der Waals surface area contributed by atoms with E-state index in [-0.39, 0.29) is 23.0 Å². The number of halogens is 2. The zero-order valence-corrected chi connectivity index (χ0v) is 14.8. The molecule has 0 bridgehead atoms. The Morgan fingerprint density at radius 1 is 1.08 bits per heavy atom. The van der Waals surface area contributed by atoms with E-state index in [1.54, 1.807) is 0 Å². The number of rotatable bonds is 3. The van der Waals surface area contributed by atoms with E-state index in [4.69, 9.17) is 32.7 Å². The van der Waals surface area contributed by atoms with Crippen molar-refractivity contribution in [2.75, 3.05) is 12.1 Å². The number of fused-ring (bicyclic) bond motifs is 1. The molecule has 0 aliphatic carbocycles. The predicted molar refractivity (Wildman–Crippen MR) is 95.9 cm³/mol. The number of carbonyl (C=O) groups excluding carboxylic acids is 1. The molecular weight excluding hydrogens is 385 g/mol. The Bertz CT molecular complexity index is 957. The minimum absolute atomic E-state index is 0.151. The van der Waals surface area contributed by atoms with Crippen molar-refractivity contribution < 1.29 is 14.3 Å². The van der Waals surface area contributed by atoms with Crippen LogP contribution in [0, 0.1) is 0 Å². The van der Waals surface area contributed by atoms with Crippen molar-refractivity contribution >= 4 is 45.6 Å². The number of thiazole rings is 1. The second kappa shape index (κ2) is 6.51. The van der Waals surface area contributed by atoms with Crippen molar-refractivity contribution in [3.63, 3.8) is 0 Å². The van der Waals surface area contributed by atoms with E-state index in [1.807, 2.05) is 23.6 Å². The number of pyridine rings is 1. The Morgan fingerprint density at radius 3 is 2.64 bits per heavy atom. The minimum atomic E-state index is -0.363. The number of ether oxygens (including phenoxy) is 2. The second-order valence-electron chi connectivity index (χ2n) is 5.06. The molecule has 0 saturated heterocycles. The van der Waals surface area contributed by atoms with E-state index in [0.29, 0.717) is 22.2 Å². The molecule has 0 radical (unpaired) electrons. The number of nitrogens with zero attached hydrogens (tertiary/aromatic N) is 2. The first kappa shape index (κ1) is 16.1. The number of aromatic nitrogens is 2. The molecule has 1 aliphatic rings. The number of carbonyl (C=O) groups is 1. The highest BCUT2D eigenvalue weighted by molar-refractivity contribution is 7.14. The van der Waals surface area contributed by atoms with Gasteiger partial charge in [0.15, 0.2) is 16.6 Å². The summed E-state index contributed by atoms with van der Waals surface area (Å²) in [7, 11) is 0.